The van der Waals surface area contributed by atoms with Crippen molar-refractivity contribution >= 4 is 0 Å². The molecule has 0 N–H and O–H groups in total. The molecule has 0 atom stereocenters. The van der Waals surface area contributed by atoms with E-state index >= 15 is 0 Å². The number of hydrogen-bond donors (Lipinski definition) is 0. The van der Waals surface area contributed by atoms with Crippen LogP contribution in [0.25, 0.3) is 11.1 Å². The number of benzene rings is 2. The maximum absolute atomic E-state index is 13.5. The smallest absolute Gasteiger partial charge is 0.416 e. The fourth-order valence-electron chi connectivity index (χ4n) is 2.32. The van der Waals surface area contributed by atoms with Crippen molar-refractivity contribution in [2.24, 2.45) is 0 Å². The molecule has 2 nitrogen and oxygen atoms in total. The van der Waals surface area contributed by atoms with Crippen LogP contribution in [0.4, 0.5) is 17.6 Å². The van der Waals surface area contributed by atoms with Crippen LogP contribution in [0.2, 0.25) is 0 Å². The van der Waals surface area contributed by atoms with Crippen molar-refractivity contribution in [3.05, 3.63) is 83.9 Å². The molecule has 25 heavy (non-hydrogen) atoms. The Morgan fingerprint density at radius 2 is 1.68 bits per heavy atom. The van der Waals surface area contributed by atoms with Gasteiger partial charge in [-0.15, -0.1) is 0 Å². The van der Waals surface area contributed by atoms with Crippen LogP contribution in [0.1, 0.15) is 11.1 Å². The van der Waals surface area contributed by atoms with Crippen molar-refractivity contribution in [3.8, 4) is 16.9 Å². The van der Waals surface area contributed by atoms with Crippen molar-refractivity contribution in [3.63, 3.8) is 0 Å². The number of para-hydroxylation sites is 1. The SMILES string of the molecule is Fc1ccccc1OCc1cncc(-c2cccc(C(F)(F)F)c2)c1. The lowest BCUT2D eigenvalue weighted by Crippen LogP contribution is -2.04. The largest absolute Gasteiger partial charge is 0.486 e. The summed E-state index contributed by atoms with van der Waals surface area (Å²) >= 11 is 0. The Morgan fingerprint density at radius 1 is 0.880 bits per heavy atom. The van der Waals surface area contributed by atoms with Gasteiger partial charge in [0.2, 0.25) is 0 Å². The predicted octanol–water partition coefficient (Wildman–Crippen LogP) is 5.49. The highest BCUT2D eigenvalue weighted by Crippen LogP contribution is 2.32. The second kappa shape index (κ2) is 6.93. The van der Waals surface area contributed by atoms with Gasteiger partial charge in [0.15, 0.2) is 11.6 Å². The standard InChI is InChI=1S/C19H13F4NO/c20-17-6-1-2-7-18(17)25-12-13-8-15(11-24-10-13)14-4-3-5-16(9-14)19(21,22)23/h1-11H,12H2. The molecule has 128 valence electrons. The summed E-state index contributed by atoms with van der Waals surface area (Å²) in [6.07, 6.45) is -1.41. The summed E-state index contributed by atoms with van der Waals surface area (Å²) in [5.74, 6) is -0.378. The van der Waals surface area contributed by atoms with Crippen LogP contribution >= 0.6 is 0 Å². The van der Waals surface area contributed by atoms with E-state index in [1.807, 2.05) is 0 Å². The Balaban J connectivity index is 1.81. The summed E-state index contributed by atoms with van der Waals surface area (Å²) in [6, 6.07) is 12.7. The molecular formula is C19H13F4NO. The zero-order chi connectivity index (χ0) is 17.9. The maximum atomic E-state index is 13.5. The number of rotatable bonds is 4. The monoisotopic (exact) mass is 347 g/mol. The number of alkyl halides is 3. The Bertz CT molecular complexity index is 877. The van der Waals surface area contributed by atoms with Crippen molar-refractivity contribution in [2.75, 3.05) is 0 Å². The topological polar surface area (TPSA) is 22.1 Å². The molecule has 3 aromatic rings. The molecule has 0 spiro atoms. The molecule has 0 radical (unpaired) electrons. The molecule has 0 fully saturated rings. The van der Waals surface area contributed by atoms with E-state index in [2.05, 4.69) is 4.98 Å². The third-order valence-electron chi connectivity index (χ3n) is 3.55. The second-order valence-corrected chi connectivity index (χ2v) is 5.38. The average molecular weight is 347 g/mol. The molecule has 3 rings (SSSR count). The van der Waals surface area contributed by atoms with E-state index in [4.69, 9.17) is 4.74 Å². The zero-order valence-corrected chi connectivity index (χ0v) is 12.9. The number of ether oxygens (including phenoxy) is 1. The van der Waals surface area contributed by atoms with Gasteiger partial charge in [-0.1, -0.05) is 24.3 Å². The number of pyridine rings is 1. The third kappa shape index (κ3) is 4.15. The molecule has 0 amide bonds. The van der Waals surface area contributed by atoms with Crippen LogP contribution in [0, 0.1) is 5.82 Å². The summed E-state index contributed by atoms with van der Waals surface area (Å²) in [7, 11) is 0. The second-order valence-electron chi connectivity index (χ2n) is 5.38. The molecule has 0 aliphatic heterocycles. The molecule has 1 heterocycles. The van der Waals surface area contributed by atoms with Crippen LogP contribution in [0.15, 0.2) is 67.0 Å². The quantitative estimate of drug-likeness (QED) is 0.583. The Hall–Kier alpha value is -2.89. The van der Waals surface area contributed by atoms with E-state index < -0.39 is 17.6 Å². The lowest BCUT2D eigenvalue weighted by molar-refractivity contribution is -0.137. The normalized spacial score (nSPS) is 11.4. The summed E-state index contributed by atoms with van der Waals surface area (Å²) < 4.78 is 57.5. The molecule has 0 unspecified atom stereocenters. The van der Waals surface area contributed by atoms with Crippen molar-refractivity contribution < 1.29 is 22.3 Å². The van der Waals surface area contributed by atoms with Gasteiger partial charge < -0.3 is 4.74 Å². The Morgan fingerprint density at radius 3 is 2.44 bits per heavy atom. The number of nitrogens with zero attached hydrogens (tertiary/aromatic N) is 1. The molecule has 0 saturated carbocycles. The molecule has 0 bridgehead atoms. The van der Waals surface area contributed by atoms with E-state index in [0.717, 1.165) is 12.1 Å². The van der Waals surface area contributed by atoms with Crippen LogP contribution in [0.3, 0.4) is 0 Å². The number of hydrogen-bond acceptors (Lipinski definition) is 2. The van der Waals surface area contributed by atoms with E-state index in [1.54, 1.807) is 24.3 Å². The molecule has 1 aromatic heterocycles. The highest BCUT2D eigenvalue weighted by molar-refractivity contribution is 5.64. The van der Waals surface area contributed by atoms with Crippen molar-refractivity contribution in [1.29, 1.82) is 0 Å². The lowest BCUT2D eigenvalue weighted by Gasteiger charge is -2.10. The van der Waals surface area contributed by atoms with Gasteiger partial charge in [0.1, 0.15) is 6.61 Å². The molecule has 0 aliphatic carbocycles. The van der Waals surface area contributed by atoms with E-state index in [-0.39, 0.29) is 12.4 Å². The van der Waals surface area contributed by atoms with Gasteiger partial charge in [-0.2, -0.15) is 13.2 Å². The molecule has 0 saturated heterocycles. The van der Waals surface area contributed by atoms with Crippen LogP contribution in [-0.2, 0) is 12.8 Å². The van der Waals surface area contributed by atoms with Gasteiger partial charge in [-0.3, -0.25) is 4.98 Å². The van der Waals surface area contributed by atoms with Crippen LogP contribution < -0.4 is 4.74 Å². The summed E-state index contributed by atoms with van der Waals surface area (Å²) in [4.78, 5) is 4.03. The molecule has 0 aliphatic rings. The first-order valence-corrected chi connectivity index (χ1v) is 7.42. The number of halogens is 4. The highest BCUT2D eigenvalue weighted by Gasteiger charge is 2.30. The summed E-state index contributed by atoms with van der Waals surface area (Å²) in [5, 5.41) is 0. The van der Waals surface area contributed by atoms with E-state index in [0.29, 0.717) is 16.7 Å². The minimum Gasteiger partial charge on any atom is -0.486 e. The van der Waals surface area contributed by atoms with Gasteiger partial charge in [-0.05, 0) is 35.9 Å². The van der Waals surface area contributed by atoms with Crippen molar-refractivity contribution in [2.45, 2.75) is 12.8 Å². The number of aromatic nitrogens is 1. The molecular weight excluding hydrogens is 334 g/mol. The third-order valence-corrected chi connectivity index (χ3v) is 3.55. The maximum Gasteiger partial charge on any atom is 0.416 e. The Kier molecular flexibility index (Phi) is 4.70. The lowest BCUT2D eigenvalue weighted by atomic mass is 10.0. The first-order chi connectivity index (χ1) is 11.9. The molecule has 6 heteroatoms. The van der Waals surface area contributed by atoms with E-state index in [9.17, 15) is 17.6 Å². The van der Waals surface area contributed by atoms with Crippen LogP contribution in [0.5, 0.6) is 5.75 Å². The summed E-state index contributed by atoms with van der Waals surface area (Å²) in [5.41, 5.74) is 0.826. The fourth-order valence-corrected chi connectivity index (χ4v) is 2.32. The van der Waals surface area contributed by atoms with Gasteiger partial charge in [0.25, 0.3) is 0 Å². The van der Waals surface area contributed by atoms with Gasteiger partial charge in [-0.25, -0.2) is 4.39 Å². The highest BCUT2D eigenvalue weighted by atomic mass is 19.4. The minimum absolute atomic E-state index is 0.0563. The average Bonchev–Trinajstić information content (AvgIpc) is 2.61. The first-order valence-electron chi connectivity index (χ1n) is 7.42. The predicted molar refractivity (Wildman–Crippen MR) is 85.4 cm³/mol. The zero-order valence-electron chi connectivity index (χ0n) is 12.9. The first kappa shape index (κ1) is 17.0. The summed E-state index contributed by atoms with van der Waals surface area (Å²) in [6.45, 7) is 0.0563. The van der Waals surface area contributed by atoms with Crippen LogP contribution in [-0.4, -0.2) is 4.98 Å². The van der Waals surface area contributed by atoms with Gasteiger partial charge in [0, 0.05) is 23.5 Å². The van der Waals surface area contributed by atoms with Gasteiger partial charge >= 0.3 is 6.18 Å². The fraction of sp³-hybridized carbons (Fsp3) is 0.105. The molecule has 2 aromatic carbocycles. The minimum atomic E-state index is -4.41. The van der Waals surface area contributed by atoms with Gasteiger partial charge in [0.05, 0.1) is 5.56 Å². The Labute approximate surface area is 141 Å². The van der Waals surface area contributed by atoms with Crippen molar-refractivity contribution in [1.82, 2.24) is 4.98 Å². The van der Waals surface area contributed by atoms with E-state index in [1.165, 1.54) is 30.6 Å².